The molecule has 1 aromatic rings. The molecule has 0 bridgehead atoms. The summed E-state index contributed by atoms with van der Waals surface area (Å²) in [5.74, 6) is 0. The minimum Gasteiger partial charge on any atom is -0.324 e. The lowest BCUT2D eigenvalue weighted by Gasteiger charge is -2.20. The Kier molecular flexibility index (Phi) is 4.75. The van der Waals surface area contributed by atoms with Crippen molar-refractivity contribution in [3.05, 3.63) is 35.4 Å². The molecule has 0 spiro atoms. The molecule has 3 heteroatoms. The Morgan fingerprint density at radius 1 is 1.11 bits per heavy atom. The predicted octanol–water partition coefficient (Wildman–Crippen LogP) is 1.84. The summed E-state index contributed by atoms with van der Waals surface area (Å²) in [4.78, 5) is 4.96. The molecular weight excluding hydrogens is 222 g/mol. The van der Waals surface area contributed by atoms with Gasteiger partial charge in [-0.2, -0.15) is 0 Å². The Hall–Kier alpha value is -0.900. The summed E-state index contributed by atoms with van der Waals surface area (Å²) in [7, 11) is 2.21. The quantitative estimate of drug-likeness (QED) is 0.884. The normalized spacial score (nSPS) is 20.6. The molecule has 1 unspecified atom stereocenters. The number of hydrogen-bond donors (Lipinski definition) is 1. The highest BCUT2D eigenvalue weighted by molar-refractivity contribution is 5.24. The maximum atomic E-state index is 5.87. The van der Waals surface area contributed by atoms with Crippen molar-refractivity contribution in [1.82, 2.24) is 9.80 Å². The fourth-order valence-electron chi connectivity index (χ4n) is 2.44. The second-order valence-electron chi connectivity index (χ2n) is 5.46. The molecule has 1 atom stereocenters. The Bertz CT molecular complexity index is 359. The average molecular weight is 247 g/mol. The second-order valence-corrected chi connectivity index (χ2v) is 5.46. The van der Waals surface area contributed by atoms with Crippen LogP contribution in [0.5, 0.6) is 0 Å². The molecule has 1 aliphatic heterocycles. The van der Waals surface area contributed by atoms with E-state index in [0.717, 1.165) is 6.54 Å². The Balaban J connectivity index is 1.92. The Labute approximate surface area is 111 Å². The van der Waals surface area contributed by atoms with E-state index in [9.17, 15) is 0 Å². The van der Waals surface area contributed by atoms with Gasteiger partial charge in [-0.05, 0) is 44.6 Å². The van der Waals surface area contributed by atoms with Crippen LogP contribution >= 0.6 is 0 Å². The van der Waals surface area contributed by atoms with E-state index in [0.29, 0.717) is 0 Å². The molecule has 1 fully saturated rings. The van der Waals surface area contributed by atoms with E-state index in [1.54, 1.807) is 0 Å². The first-order chi connectivity index (χ1) is 8.65. The van der Waals surface area contributed by atoms with Crippen molar-refractivity contribution in [2.75, 3.05) is 33.2 Å². The van der Waals surface area contributed by atoms with Gasteiger partial charge in [-0.3, -0.25) is 4.90 Å². The SMILES string of the molecule is CC(N)c1ccc(CN2CCCN(C)CC2)cc1. The van der Waals surface area contributed by atoms with Crippen molar-refractivity contribution in [3.8, 4) is 0 Å². The molecule has 1 aromatic carbocycles. The maximum absolute atomic E-state index is 5.87. The maximum Gasteiger partial charge on any atom is 0.0266 e. The fraction of sp³-hybridized carbons (Fsp3) is 0.600. The van der Waals surface area contributed by atoms with Crippen LogP contribution in [-0.2, 0) is 6.54 Å². The molecule has 1 heterocycles. The van der Waals surface area contributed by atoms with Crippen molar-refractivity contribution in [2.24, 2.45) is 5.73 Å². The van der Waals surface area contributed by atoms with Gasteiger partial charge in [-0.15, -0.1) is 0 Å². The lowest BCUT2D eigenvalue weighted by molar-refractivity contribution is 0.269. The van der Waals surface area contributed by atoms with Crippen LogP contribution in [0.25, 0.3) is 0 Å². The number of rotatable bonds is 3. The summed E-state index contributed by atoms with van der Waals surface area (Å²) in [5, 5.41) is 0. The molecule has 3 nitrogen and oxygen atoms in total. The lowest BCUT2D eigenvalue weighted by atomic mass is 10.1. The van der Waals surface area contributed by atoms with Crippen LogP contribution in [0.2, 0.25) is 0 Å². The molecule has 100 valence electrons. The minimum absolute atomic E-state index is 0.130. The molecule has 0 saturated carbocycles. The summed E-state index contributed by atoms with van der Waals surface area (Å²) < 4.78 is 0. The van der Waals surface area contributed by atoms with Gasteiger partial charge in [0, 0.05) is 25.7 Å². The summed E-state index contributed by atoms with van der Waals surface area (Å²) in [5.41, 5.74) is 8.48. The van der Waals surface area contributed by atoms with E-state index >= 15 is 0 Å². The molecular formula is C15H25N3. The number of likely N-dealkylation sites (N-methyl/N-ethyl adjacent to an activating group) is 1. The van der Waals surface area contributed by atoms with E-state index in [1.165, 1.54) is 43.7 Å². The topological polar surface area (TPSA) is 32.5 Å². The lowest BCUT2D eigenvalue weighted by Crippen LogP contribution is -2.28. The molecule has 18 heavy (non-hydrogen) atoms. The zero-order chi connectivity index (χ0) is 13.0. The smallest absolute Gasteiger partial charge is 0.0266 e. The van der Waals surface area contributed by atoms with Gasteiger partial charge in [0.05, 0.1) is 0 Å². The second kappa shape index (κ2) is 6.32. The number of benzene rings is 1. The molecule has 1 aliphatic rings. The molecule has 2 N–H and O–H groups in total. The zero-order valence-electron chi connectivity index (χ0n) is 11.6. The van der Waals surface area contributed by atoms with Crippen molar-refractivity contribution in [1.29, 1.82) is 0 Å². The third-order valence-corrected chi connectivity index (χ3v) is 3.72. The standard InChI is InChI=1S/C15H25N3/c1-13(16)15-6-4-14(5-7-15)12-18-9-3-8-17(2)10-11-18/h4-7,13H,3,8-12,16H2,1-2H3. The highest BCUT2D eigenvalue weighted by atomic mass is 15.2. The molecule has 0 radical (unpaired) electrons. The van der Waals surface area contributed by atoms with Crippen molar-refractivity contribution in [3.63, 3.8) is 0 Å². The van der Waals surface area contributed by atoms with Gasteiger partial charge >= 0.3 is 0 Å². The number of nitrogens with zero attached hydrogens (tertiary/aromatic N) is 2. The summed E-state index contributed by atoms with van der Waals surface area (Å²) in [6.07, 6.45) is 1.27. The van der Waals surface area contributed by atoms with Gasteiger partial charge < -0.3 is 10.6 Å². The predicted molar refractivity (Wildman–Crippen MR) is 76.4 cm³/mol. The van der Waals surface area contributed by atoms with E-state index in [4.69, 9.17) is 5.73 Å². The van der Waals surface area contributed by atoms with E-state index in [1.807, 2.05) is 6.92 Å². The van der Waals surface area contributed by atoms with Crippen molar-refractivity contribution in [2.45, 2.75) is 25.9 Å². The van der Waals surface area contributed by atoms with Crippen LogP contribution in [0.1, 0.15) is 30.5 Å². The molecule has 1 saturated heterocycles. The largest absolute Gasteiger partial charge is 0.324 e. The highest BCUT2D eigenvalue weighted by Crippen LogP contribution is 2.13. The van der Waals surface area contributed by atoms with E-state index < -0.39 is 0 Å². The molecule has 0 aliphatic carbocycles. The first kappa shape index (κ1) is 13.5. The van der Waals surface area contributed by atoms with Crippen LogP contribution in [0, 0.1) is 0 Å². The third kappa shape index (κ3) is 3.80. The molecule has 0 aromatic heterocycles. The van der Waals surface area contributed by atoms with Crippen molar-refractivity contribution < 1.29 is 0 Å². The van der Waals surface area contributed by atoms with Gasteiger partial charge in [0.1, 0.15) is 0 Å². The highest BCUT2D eigenvalue weighted by Gasteiger charge is 2.12. The molecule has 2 rings (SSSR count). The third-order valence-electron chi connectivity index (χ3n) is 3.72. The van der Waals surface area contributed by atoms with Gasteiger partial charge in [0.25, 0.3) is 0 Å². The van der Waals surface area contributed by atoms with E-state index in [-0.39, 0.29) is 6.04 Å². The Morgan fingerprint density at radius 2 is 1.83 bits per heavy atom. The average Bonchev–Trinajstić information content (AvgIpc) is 2.55. The summed E-state index contributed by atoms with van der Waals surface area (Å²) in [6.45, 7) is 7.87. The van der Waals surface area contributed by atoms with Crippen molar-refractivity contribution >= 4 is 0 Å². The monoisotopic (exact) mass is 247 g/mol. The Morgan fingerprint density at radius 3 is 2.50 bits per heavy atom. The minimum atomic E-state index is 0.130. The molecule has 0 amide bonds. The zero-order valence-corrected chi connectivity index (χ0v) is 11.6. The van der Waals surface area contributed by atoms with Gasteiger partial charge in [0.2, 0.25) is 0 Å². The van der Waals surface area contributed by atoms with Crippen LogP contribution in [-0.4, -0.2) is 43.0 Å². The van der Waals surface area contributed by atoms with Gasteiger partial charge in [-0.25, -0.2) is 0 Å². The van der Waals surface area contributed by atoms with Crippen LogP contribution in [0.3, 0.4) is 0 Å². The van der Waals surface area contributed by atoms with Crippen LogP contribution in [0.15, 0.2) is 24.3 Å². The summed E-state index contributed by atoms with van der Waals surface area (Å²) in [6, 6.07) is 8.87. The number of nitrogens with two attached hydrogens (primary N) is 1. The van der Waals surface area contributed by atoms with Crippen LogP contribution < -0.4 is 5.73 Å². The first-order valence-corrected chi connectivity index (χ1v) is 6.90. The fourth-order valence-corrected chi connectivity index (χ4v) is 2.44. The number of hydrogen-bond acceptors (Lipinski definition) is 3. The van der Waals surface area contributed by atoms with Gasteiger partial charge in [0.15, 0.2) is 0 Å². The first-order valence-electron chi connectivity index (χ1n) is 6.90. The van der Waals surface area contributed by atoms with Crippen LogP contribution in [0.4, 0.5) is 0 Å². The summed E-state index contributed by atoms with van der Waals surface area (Å²) >= 11 is 0. The van der Waals surface area contributed by atoms with Gasteiger partial charge in [-0.1, -0.05) is 24.3 Å². The van der Waals surface area contributed by atoms with E-state index in [2.05, 4.69) is 41.1 Å².